The van der Waals surface area contributed by atoms with Gasteiger partial charge in [-0.25, -0.2) is 13.8 Å². The molecule has 1 atom stereocenters. The Morgan fingerprint density at radius 2 is 2.04 bits per heavy atom. The molecule has 1 amide bonds. The number of aromatic nitrogens is 2. The summed E-state index contributed by atoms with van der Waals surface area (Å²) in [6.07, 6.45) is 1.03. The van der Waals surface area contributed by atoms with Gasteiger partial charge in [-0.3, -0.25) is 9.59 Å². The van der Waals surface area contributed by atoms with E-state index in [-0.39, 0.29) is 5.56 Å². The Kier molecular flexibility index (Phi) is 7.65. The third kappa shape index (κ3) is 5.84. The molecule has 0 spiro atoms. The fraction of sp³-hybridized carbons (Fsp3) is 0.353. The van der Waals surface area contributed by atoms with Crippen LogP contribution in [0.2, 0.25) is 0 Å². The molecule has 1 aromatic heterocycles. The van der Waals surface area contributed by atoms with Crippen molar-refractivity contribution in [2.24, 2.45) is 0 Å². The van der Waals surface area contributed by atoms with Crippen molar-refractivity contribution in [2.45, 2.75) is 36.4 Å². The lowest BCUT2D eigenvalue weighted by atomic mass is 10.3. The highest BCUT2D eigenvalue weighted by Gasteiger charge is 2.19. The number of amides is 1. The van der Waals surface area contributed by atoms with E-state index in [1.54, 1.807) is 18.7 Å². The van der Waals surface area contributed by atoms with Gasteiger partial charge in [-0.15, -0.1) is 0 Å². The van der Waals surface area contributed by atoms with Crippen molar-refractivity contribution in [3.8, 4) is 0 Å². The first-order valence-corrected chi connectivity index (χ1v) is 10.0. The monoisotopic (exact) mass is 399 g/mol. The van der Waals surface area contributed by atoms with Crippen molar-refractivity contribution < 1.29 is 13.6 Å². The highest BCUT2D eigenvalue weighted by atomic mass is 32.2. The van der Waals surface area contributed by atoms with Gasteiger partial charge in [-0.2, -0.15) is 11.8 Å². The molecule has 0 radical (unpaired) electrons. The third-order valence-electron chi connectivity index (χ3n) is 3.24. The standard InChI is InChI=1S/C17H19F2N3O2S2/c1-3-7-25-9-11-8-14(23)21-17(20-11)26-10(2)16(24)22-15-12(18)5-4-6-13(15)19/h4-6,8,10H,3,7,9H2,1-2H3,(H,22,24)(H,20,21,23). The number of anilines is 1. The van der Waals surface area contributed by atoms with Crippen molar-refractivity contribution in [3.05, 3.63) is 51.9 Å². The number of rotatable bonds is 8. The first-order chi connectivity index (χ1) is 12.4. The van der Waals surface area contributed by atoms with Gasteiger partial charge in [0.15, 0.2) is 5.16 Å². The number of hydrogen-bond donors (Lipinski definition) is 2. The Bertz CT molecular complexity index is 810. The van der Waals surface area contributed by atoms with Gasteiger partial charge in [0.2, 0.25) is 5.91 Å². The van der Waals surface area contributed by atoms with E-state index in [9.17, 15) is 18.4 Å². The Morgan fingerprint density at radius 1 is 1.35 bits per heavy atom. The van der Waals surface area contributed by atoms with E-state index in [0.717, 1.165) is 36.1 Å². The second-order valence-corrected chi connectivity index (χ2v) is 7.88. The maximum absolute atomic E-state index is 13.6. The van der Waals surface area contributed by atoms with Gasteiger partial charge in [0.1, 0.15) is 17.3 Å². The van der Waals surface area contributed by atoms with Crippen LogP contribution in [0.1, 0.15) is 26.0 Å². The van der Waals surface area contributed by atoms with Gasteiger partial charge in [0.25, 0.3) is 5.56 Å². The van der Waals surface area contributed by atoms with E-state index in [1.807, 2.05) is 0 Å². The molecule has 1 aromatic carbocycles. The lowest BCUT2D eigenvalue weighted by Crippen LogP contribution is -2.24. The number of H-pyrrole nitrogens is 1. The quantitative estimate of drug-likeness (QED) is 0.401. The zero-order valence-corrected chi connectivity index (χ0v) is 16.0. The highest BCUT2D eigenvalue weighted by molar-refractivity contribution is 8.00. The Hall–Kier alpha value is -1.87. The van der Waals surface area contributed by atoms with Crippen LogP contribution in [-0.2, 0) is 10.5 Å². The van der Waals surface area contributed by atoms with Crippen LogP contribution < -0.4 is 10.9 Å². The topological polar surface area (TPSA) is 74.8 Å². The van der Waals surface area contributed by atoms with Gasteiger partial charge >= 0.3 is 0 Å². The summed E-state index contributed by atoms with van der Waals surface area (Å²) < 4.78 is 27.3. The van der Waals surface area contributed by atoms with Gasteiger partial charge < -0.3 is 10.3 Å². The molecule has 0 saturated carbocycles. The predicted octanol–water partition coefficient (Wildman–Crippen LogP) is 3.81. The molecular weight excluding hydrogens is 380 g/mol. The van der Waals surface area contributed by atoms with Gasteiger partial charge in [0.05, 0.1) is 10.9 Å². The number of halogens is 2. The molecule has 0 saturated heterocycles. The zero-order chi connectivity index (χ0) is 19.1. The number of thioether (sulfide) groups is 2. The second kappa shape index (κ2) is 9.72. The van der Waals surface area contributed by atoms with E-state index in [2.05, 4.69) is 22.2 Å². The number of nitrogens with one attached hydrogen (secondary N) is 2. The van der Waals surface area contributed by atoms with Crippen molar-refractivity contribution >= 4 is 35.1 Å². The molecule has 5 nitrogen and oxygen atoms in total. The van der Waals surface area contributed by atoms with Gasteiger partial charge in [0, 0.05) is 11.8 Å². The Labute approximate surface area is 158 Å². The highest BCUT2D eigenvalue weighted by Crippen LogP contribution is 2.23. The Morgan fingerprint density at radius 3 is 2.69 bits per heavy atom. The smallest absolute Gasteiger partial charge is 0.251 e. The average molecular weight is 399 g/mol. The minimum Gasteiger partial charge on any atom is -0.320 e. The van der Waals surface area contributed by atoms with E-state index in [1.165, 1.54) is 12.1 Å². The number of carbonyl (C=O) groups is 1. The summed E-state index contributed by atoms with van der Waals surface area (Å²) in [7, 11) is 0. The van der Waals surface area contributed by atoms with Gasteiger partial charge in [-0.05, 0) is 31.2 Å². The largest absolute Gasteiger partial charge is 0.320 e. The molecule has 26 heavy (non-hydrogen) atoms. The lowest BCUT2D eigenvalue weighted by molar-refractivity contribution is -0.115. The fourth-order valence-electron chi connectivity index (χ4n) is 2.00. The first-order valence-electron chi connectivity index (χ1n) is 8.00. The first kappa shape index (κ1) is 20.4. The summed E-state index contributed by atoms with van der Waals surface area (Å²) >= 11 is 2.68. The molecule has 2 rings (SSSR count). The fourth-order valence-corrected chi connectivity index (χ4v) is 3.62. The molecule has 0 aliphatic heterocycles. The molecule has 2 aromatic rings. The van der Waals surface area contributed by atoms with Crippen LogP contribution in [0.3, 0.4) is 0 Å². The molecule has 2 N–H and O–H groups in total. The summed E-state index contributed by atoms with van der Waals surface area (Å²) in [4.78, 5) is 30.9. The number of aromatic amines is 1. The van der Waals surface area contributed by atoms with Crippen LogP contribution in [0.15, 0.2) is 34.2 Å². The summed E-state index contributed by atoms with van der Waals surface area (Å²) in [5.74, 6) is -0.725. The van der Waals surface area contributed by atoms with Crippen molar-refractivity contribution in [1.29, 1.82) is 0 Å². The zero-order valence-electron chi connectivity index (χ0n) is 14.3. The van der Waals surface area contributed by atoms with E-state index < -0.39 is 28.5 Å². The van der Waals surface area contributed by atoms with E-state index in [4.69, 9.17) is 0 Å². The molecular formula is C17H19F2N3O2S2. The van der Waals surface area contributed by atoms with Crippen LogP contribution in [0.4, 0.5) is 14.5 Å². The summed E-state index contributed by atoms with van der Waals surface area (Å²) in [6.45, 7) is 3.63. The number of para-hydroxylation sites is 1. The lowest BCUT2D eigenvalue weighted by Gasteiger charge is -2.13. The summed E-state index contributed by atoms with van der Waals surface area (Å²) in [5.41, 5.74) is -0.166. The van der Waals surface area contributed by atoms with E-state index >= 15 is 0 Å². The molecule has 0 bridgehead atoms. The Balaban J connectivity index is 2.05. The molecule has 1 unspecified atom stereocenters. The molecule has 0 fully saturated rings. The predicted molar refractivity (Wildman–Crippen MR) is 102 cm³/mol. The molecule has 140 valence electrons. The van der Waals surface area contributed by atoms with Crippen LogP contribution >= 0.6 is 23.5 Å². The minimum atomic E-state index is -0.850. The van der Waals surface area contributed by atoms with Crippen LogP contribution in [0.5, 0.6) is 0 Å². The molecule has 0 aliphatic carbocycles. The maximum Gasteiger partial charge on any atom is 0.251 e. The van der Waals surface area contributed by atoms with Crippen molar-refractivity contribution in [3.63, 3.8) is 0 Å². The number of nitrogens with zero attached hydrogens (tertiary/aromatic N) is 1. The number of carbonyl (C=O) groups excluding carboxylic acids is 1. The van der Waals surface area contributed by atoms with Crippen LogP contribution in [0, 0.1) is 11.6 Å². The van der Waals surface area contributed by atoms with E-state index in [0.29, 0.717) is 16.6 Å². The SMILES string of the molecule is CCCSCc1cc(=O)[nH]c(SC(C)C(=O)Nc2c(F)cccc2F)n1. The summed E-state index contributed by atoms with van der Waals surface area (Å²) in [6, 6.07) is 4.77. The molecule has 9 heteroatoms. The second-order valence-electron chi connectivity index (χ2n) is 5.44. The number of hydrogen-bond acceptors (Lipinski definition) is 5. The average Bonchev–Trinajstić information content (AvgIpc) is 2.58. The minimum absolute atomic E-state index is 0.293. The third-order valence-corrected chi connectivity index (χ3v) is 5.42. The molecule has 0 aliphatic rings. The molecule has 1 heterocycles. The normalized spacial score (nSPS) is 12.0. The van der Waals surface area contributed by atoms with Crippen LogP contribution in [-0.4, -0.2) is 26.9 Å². The summed E-state index contributed by atoms with van der Waals surface area (Å²) in [5, 5.41) is 1.82. The number of benzene rings is 1. The van der Waals surface area contributed by atoms with Crippen LogP contribution in [0.25, 0.3) is 0 Å². The van der Waals surface area contributed by atoms with Gasteiger partial charge in [-0.1, -0.05) is 24.8 Å². The maximum atomic E-state index is 13.6. The van der Waals surface area contributed by atoms with Crippen molar-refractivity contribution in [2.75, 3.05) is 11.1 Å². The van der Waals surface area contributed by atoms with Crippen molar-refractivity contribution in [1.82, 2.24) is 9.97 Å².